The number of carbonyl (C=O) groups is 1. The van der Waals surface area contributed by atoms with Crippen LogP contribution >= 0.6 is 0 Å². The molecule has 3 aromatic rings. The predicted molar refractivity (Wildman–Crippen MR) is 118 cm³/mol. The summed E-state index contributed by atoms with van der Waals surface area (Å²) >= 11 is 0. The third-order valence-corrected chi connectivity index (χ3v) is 5.33. The van der Waals surface area contributed by atoms with Gasteiger partial charge in [-0.05, 0) is 30.4 Å². The molecule has 164 valence electrons. The van der Waals surface area contributed by atoms with E-state index < -0.39 is 5.91 Å². The van der Waals surface area contributed by atoms with Gasteiger partial charge in [0.1, 0.15) is 18.9 Å². The summed E-state index contributed by atoms with van der Waals surface area (Å²) in [6, 6.07) is 5.89. The summed E-state index contributed by atoms with van der Waals surface area (Å²) in [5.41, 5.74) is 3.66. The number of nitrogens with two attached hydrogens (primary N) is 1. The first-order valence-corrected chi connectivity index (χ1v) is 10.5. The molecule has 2 aliphatic rings. The van der Waals surface area contributed by atoms with Crippen LogP contribution < -0.4 is 20.6 Å². The Morgan fingerprint density at radius 2 is 2.06 bits per heavy atom. The molecule has 1 aliphatic heterocycles. The Balaban J connectivity index is 1.17. The van der Waals surface area contributed by atoms with Crippen LogP contribution in [0.5, 0.6) is 11.5 Å². The number of aliphatic imine (C=N–C) groups is 1. The number of amides is 1. The van der Waals surface area contributed by atoms with E-state index in [-0.39, 0.29) is 12.3 Å². The number of hydrazone groups is 1. The minimum absolute atomic E-state index is 0.0160. The summed E-state index contributed by atoms with van der Waals surface area (Å²) in [6.07, 6.45) is 9.52. The van der Waals surface area contributed by atoms with Crippen molar-refractivity contribution in [2.24, 2.45) is 15.9 Å². The van der Waals surface area contributed by atoms with E-state index in [4.69, 9.17) is 15.3 Å². The maximum Gasteiger partial charge on any atom is 0.273 e. The van der Waals surface area contributed by atoms with Gasteiger partial charge in [0, 0.05) is 18.5 Å². The van der Waals surface area contributed by atoms with Gasteiger partial charge in [0.15, 0.2) is 17.2 Å². The lowest BCUT2D eigenvalue weighted by Crippen LogP contribution is -2.32. The molecule has 0 saturated heterocycles. The minimum atomic E-state index is -0.447. The second-order valence-corrected chi connectivity index (χ2v) is 7.72. The van der Waals surface area contributed by atoms with Gasteiger partial charge in [-0.2, -0.15) is 5.10 Å². The number of pyridine rings is 2. The molecule has 0 spiro atoms. The average molecular weight is 433 g/mol. The smallest absolute Gasteiger partial charge is 0.273 e. The summed E-state index contributed by atoms with van der Waals surface area (Å²) in [5.74, 6) is 6.83. The normalized spacial score (nSPS) is 15.9. The standard InChI is InChI=1S/C22H23N7O3/c23-28-18(22(30)26-9-16-7-19-20(11-25-16)32-6-5-31-19)10-24-8-17-13-29-12-15(14-1-2-14)3-4-21(29)27-17/h3-4,7,10-14H,1-2,5-6,8-9,23H2,(H,26,30). The average Bonchev–Trinajstić information content (AvgIpc) is 3.59. The molecule has 1 aliphatic carbocycles. The Labute approximate surface area is 184 Å². The minimum Gasteiger partial charge on any atom is -0.486 e. The lowest BCUT2D eigenvalue weighted by atomic mass is 10.2. The molecule has 3 N–H and O–H groups in total. The van der Waals surface area contributed by atoms with E-state index in [9.17, 15) is 4.79 Å². The third kappa shape index (κ3) is 4.39. The number of hydrogen-bond donors (Lipinski definition) is 2. The second-order valence-electron chi connectivity index (χ2n) is 7.72. The van der Waals surface area contributed by atoms with Gasteiger partial charge in [-0.25, -0.2) is 4.98 Å². The van der Waals surface area contributed by atoms with Crippen LogP contribution in [0.15, 0.2) is 46.9 Å². The second kappa shape index (κ2) is 8.66. The van der Waals surface area contributed by atoms with E-state index in [1.165, 1.54) is 24.6 Å². The van der Waals surface area contributed by atoms with Crippen LogP contribution in [0.25, 0.3) is 5.65 Å². The van der Waals surface area contributed by atoms with E-state index in [1.807, 2.05) is 16.7 Å². The van der Waals surface area contributed by atoms with Crippen molar-refractivity contribution >= 4 is 23.5 Å². The number of nitrogens with zero attached hydrogens (tertiary/aromatic N) is 5. The van der Waals surface area contributed by atoms with Crippen LogP contribution in [0.2, 0.25) is 0 Å². The number of hydrogen-bond acceptors (Lipinski definition) is 8. The van der Waals surface area contributed by atoms with E-state index in [0.29, 0.717) is 42.9 Å². The van der Waals surface area contributed by atoms with Crippen molar-refractivity contribution in [2.45, 2.75) is 31.8 Å². The van der Waals surface area contributed by atoms with Crippen molar-refractivity contribution in [1.29, 1.82) is 0 Å². The lowest BCUT2D eigenvalue weighted by Gasteiger charge is -2.18. The summed E-state index contributed by atoms with van der Waals surface area (Å²) in [5, 5.41) is 6.28. The van der Waals surface area contributed by atoms with Crippen molar-refractivity contribution < 1.29 is 14.3 Å². The SMILES string of the molecule is NN=C(C=NCc1cn2cc(C3CC3)ccc2n1)C(=O)NCc1cc2c(cn1)OCCO2. The topological polar surface area (TPSA) is 128 Å². The molecule has 32 heavy (non-hydrogen) atoms. The number of aromatic nitrogens is 3. The van der Waals surface area contributed by atoms with Crippen LogP contribution in [-0.2, 0) is 17.9 Å². The molecule has 0 atom stereocenters. The number of fused-ring (bicyclic) bond motifs is 2. The molecule has 0 aromatic carbocycles. The van der Waals surface area contributed by atoms with Crippen molar-refractivity contribution in [2.75, 3.05) is 13.2 Å². The predicted octanol–water partition coefficient (Wildman–Crippen LogP) is 1.58. The number of ether oxygens (including phenoxy) is 2. The molecule has 1 fully saturated rings. The molecular formula is C22H23N7O3. The number of imidazole rings is 1. The van der Waals surface area contributed by atoms with Gasteiger partial charge < -0.3 is 25.0 Å². The van der Waals surface area contributed by atoms with Crippen LogP contribution in [0.3, 0.4) is 0 Å². The van der Waals surface area contributed by atoms with E-state index in [1.54, 1.807) is 12.3 Å². The fourth-order valence-corrected chi connectivity index (χ4v) is 3.52. The molecule has 0 bridgehead atoms. The zero-order valence-corrected chi connectivity index (χ0v) is 17.4. The van der Waals surface area contributed by atoms with E-state index in [0.717, 1.165) is 11.3 Å². The maximum atomic E-state index is 12.4. The number of carbonyl (C=O) groups excluding carboxylic acids is 1. The zero-order chi connectivity index (χ0) is 21.9. The van der Waals surface area contributed by atoms with E-state index >= 15 is 0 Å². The molecule has 4 heterocycles. The fourth-order valence-electron chi connectivity index (χ4n) is 3.52. The van der Waals surface area contributed by atoms with Gasteiger partial charge in [-0.3, -0.25) is 14.8 Å². The summed E-state index contributed by atoms with van der Waals surface area (Å²) in [6.45, 7) is 1.49. The summed E-state index contributed by atoms with van der Waals surface area (Å²) in [7, 11) is 0. The first-order valence-electron chi connectivity index (χ1n) is 10.5. The van der Waals surface area contributed by atoms with Gasteiger partial charge in [0.05, 0.1) is 36.9 Å². The van der Waals surface area contributed by atoms with Gasteiger partial charge in [0.2, 0.25) is 0 Å². The molecule has 10 heteroatoms. The van der Waals surface area contributed by atoms with Gasteiger partial charge >= 0.3 is 0 Å². The van der Waals surface area contributed by atoms with E-state index in [2.05, 4.69) is 37.6 Å². The van der Waals surface area contributed by atoms with Crippen LogP contribution in [0.4, 0.5) is 0 Å². The first-order chi connectivity index (χ1) is 15.7. The van der Waals surface area contributed by atoms with Crippen molar-refractivity contribution in [3.63, 3.8) is 0 Å². The third-order valence-electron chi connectivity index (χ3n) is 5.33. The molecule has 10 nitrogen and oxygen atoms in total. The van der Waals surface area contributed by atoms with Crippen LogP contribution in [0, 0.1) is 0 Å². The van der Waals surface area contributed by atoms with Gasteiger partial charge in [0.25, 0.3) is 5.91 Å². The summed E-state index contributed by atoms with van der Waals surface area (Å²) < 4.78 is 13.0. The highest BCUT2D eigenvalue weighted by Crippen LogP contribution is 2.39. The van der Waals surface area contributed by atoms with Crippen molar-refractivity contribution in [3.05, 3.63) is 53.7 Å². The molecule has 1 saturated carbocycles. The molecular weight excluding hydrogens is 410 g/mol. The van der Waals surface area contributed by atoms with Gasteiger partial charge in [-0.1, -0.05) is 6.07 Å². The molecule has 5 rings (SSSR count). The Kier molecular flexibility index (Phi) is 5.40. The fraction of sp³-hybridized carbons (Fsp3) is 0.318. The van der Waals surface area contributed by atoms with Crippen molar-refractivity contribution in [3.8, 4) is 11.5 Å². The lowest BCUT2D eigenvalue weighted by molar-refractivity contribution is -0.114. The Bertz CT molecular complexity index is 1210. The Hall–Kier alpha value is -3.95. The highest BCUT2D eigenvalue weighted by molar-refractivity contribution is 6.60. The Morgan fingerprint density at radius 3 is 2.88 bits per heavy atom. The number of rotatable bonds is 7. The van der Waals surface area contributed by atoms with Crippen LogP contribution in [0.1, 0.15) is 35.7 Å². The maximum absolute atomic E-state index is 12.4. The largest absolute Gasteiger partial charge is 0.486 e. The molecule has 3 aromatic heterocycles. The molecule has 0 unspecified atom stereocenters. The van der Waals surface area contributed by atoms with Crippen LogP contribution in [-0.4, -0.2) is 45.4 Å². The van der Waals surface area contributed by atoms with Gasteiger partial charge in [-0.15, -0.1) is 0 Å². The monoisotopic (exact) mass is 433 g/mol. The first kappa shape index (κ1) is 20.0. The molecule has 1 amide bonds. The zero-order valence-electron chi connectivity index (χ0n) is 17.4. The van der Waals surface area contributed by atoms with Crippen molar-refractivity contribution in [1.82, 2.24) is 19.7 Å². The highest BCUT2D eigenvalue weighted by Gasteiger charge is 2.23. The quantitative estimate of drug-likeness (QED) is 0.331. The highest BCUT2D eigenvalue weighted by atomic mass is 16.6. The number of nitrogens with one attached hydrogen (secondary N) is 1. The molecule has 0 radical (unpaired) electrons. The summed E-state index contributed by atoms with van der Waals surface area (Å²) in [4.78, 5) is 25.5. The Morgan fingerprint density at radius 1 is 1.22 bits per heavy atom.